The van der Waals surface area contributed by atoms with Gasteiger partial charge in [0, 0.05) is 30.1 Å². The number of ether oxygens (including phenoxy) is 1. The summed E-state index contributed by atoms with van der Waals surface area (Å²) in [5.74, 6) is -1.06. The number of aromatic amines is 1. The van der Waals surface area contributed by atoms with Gasteiger partial charge in [0.2, 0.25) is 5.91 Å². The van der Waals surface area contributed by atoms with E-state index in [2.05, 4.69) is 10.3 Å². The van der Waals surface area contributed by atoms with E-state index in [1.807, 2.05) is 31.3 Å². The molecule has 6 nitrogen and oxygen atoms in total. The molecule has 1 saturated heterocycles. The zero-order chi connectivity index (χ0) is 17.2. The van der Waals surface area contributed by atoms with Gasteiger partial charge < -0.3 is 20.1 Å². The first-order valence-electron chi connectivity index (χ1n) is 8.15. The van der Waals surface area contributed by atoms with Crippen LogP contribution in [0.4, 0.5) is 0 Å². The van der Waals surface area contributed by atoms with Crippen molar-refractivity contribution in [1.29, 1.82) is 0 Å². The molecule has 24 heavy (non-hydrogen) atoms. The van der Waals surface area contributed by atoms with Gasteiger partial charge in [-0.2, -0.15) is 0 Å². The van der Waals surface area contributed by atoms with Crippen LogP contribution in [0.15, 0.2) is 24.4 Å². The van der Waals surface area contributed by atoms with E-state index in [-0.39, 0.29) is 18.9 Å². The number of carbonyl (C=O) groups is 2. The van der Waals surface area contributed by atoms with Gasteiger partial charge in [-0.3, -0.25) is 9.59 Å². The summed E-state index contributed by atoms with van der Waals surface area (Å²) in [6.45, 7) is 2.79. The number of carboxylic acid groups (broad SMARTS) is 1. The van der Waals surface area contributed by atoms with Crippen molar-refractivity contribution in [3.63, 3.8) is 0 Å². The number of carboxylic acids is 1. The molecule has 1 unspecified atom stereocenters. The number of fused-ring (bicyclic) bond motifs is 1. The van der Waals surface area contributed by atoms with Crippen molar-refractivity contribution < 1.29 is 19.4 Å². The van der Waals surface area contributed by atoms with Gasteiger partial charge in [0.25, 0.3) is 0 Å². The van der Waals surface area contributed by atoms with Crippen molar-refractivity contribution in [2.24, 2.45) is 0 Å². The molecule has 2 heterocycles. The number of nitrogens with one attached hydrogen (secondary N) is 2. The number of para-hydroxylation sites is 1. The lowest BCUT2D eigenvalue weighted by Crippen LogP contribution is -2.50. The van der Waals surface area contributed by atoms with E-state index in [9.17, 15) is 9.59 Å². The molecule has 1 aromatic carbocycles. The van der Waals surface area contributed by atoms with E-state index in [1.165, 1.54) is 5.56 Å². The van der Waals surface area contributed by atoms with E-state index in [0.717, 1.165) is 16.5 Å². The number of aromatic nitrogens is 1. The van der Waals surface area contributed by atoms with E-state index in [0.29, 0.717) is 25.9 Å². The minimum Gasteiger partial charge on any atom is -0.481 e. The molecule has 3 N–H and O–H groups in total. The molecule has 1 aromatic heterocycles. The fourth-order valence-electron chi connectivity index (χ4n) is 3.36. The molecule has 0 aliphatic carbocycles. The summed E-state index contributed by atoms with van der Waals surface area (Å²) in [4.78, 5) is 26.6. The van der Waals surface area contributed by atoms with Crippen LogP contribution in [0, 0.1) is 6.92 Å². The number of rotatable bonds is 6. The summed E-state index contributed by atoms with van der Waals surface area (Å²) < 4.78 is 5.30. The zero-order valence-corrected chi connectivity index (χ0v) is 13.7. The minimum atomic E-state index is -0.923. The predicted octanol–water partition coefficient (Wildman–Crippen LogP) is 2.16. The molecule has 1 amide bonds. The van der Waals surface area contributed by atoms with Crippen molar-refractivity contribution in [1.82, 2.24) is 10.3 Å². The SMILES string of the molecule is Cc1cccc2c(CCC(=O)NC3(CC(=O)O)CCOC3)c[nH]c12. The maximum atomic E-state index is 12.3. The summed E-state index contributed by atoms with van der Waals surface area (Å²) in [6.07, 6.45) is 3.31. The van der Waals surface area contributed by atoms with Gasteiger partial charge >= 0.3 is 5.97 Å². The summed E-state index contributed by atoms with van der Waals surface area (Å²) in [6, 6.07) is 6.10. The number of H-pyrrole nitrogens is 1. The Hall–Kier alpha value is -2.34. The van der Waals surface area contributed by atoms with E-state index in [4.69, 9.17) is 9.84 Å². The van der Waals surface area contributed by atoms with E-state index < -0.39 is 11.5 Å². The van der Waals surface area contributed by atoms with Crippen LogP contribution in [-0.2, 0) is 20.7 Å². The van der Waals surface area contributed by atoms with Crippen LogP contribution >= 0.6 is 0 Å². The van der Waals surface area contributed by atoms with Crippen LogP contribution in [0.3, 0.4) is 0 Å². The Bertz CT molecular complexity index is 759. The number of aryl methyl sites for hydroxylation is 2. The molecule has 0 bridgehead atoms. The smallest absolute Gasteiger partial charge is 0.305 e. The van der Waals surface area contributed by atoms with Gasteiger partial charge in [0.05, 0.1) is 18.6 Å². The molecule has 1 aliphatic rings. The number of amides is 1. The molecule has 1 aliphatic heterocycles. The molecule has 3 rings (SSSR count). The molecular formula is C18H22N2O4. The lowest BCUT2D eigenvalue weighted by molar-refractivity contribution is -0.139. The highest BCUT2D eigenvalue weighted by Crippen LogP contribution is 2.24. The zero-order valence-electron chi connectivity index (χ0n) is 13.7. The highest BCUT2D eigenvalue weighted by molar-refractivity contribution is 5.86. The second-order valence-electron chi connectivity index (χ2n) is 6.51. The fraction of sp³-hybridized carbons (Fsp3) is 0.444. The van der Waals surface area contributed by atoms with Crippen molar-refractivity contribution >= 4 is 22.8 Å². The Morgan fingerprint density at radius 1 is 1.42 bits per heavy atom. The Morgan fingerprint density at radius 3 is 2.96 bits per heavy atom. The maximum Gasteiger partial charge on any atom is 0.305 e. The molecule has 0 radical (unpaired) electrons. The van der Waals surface area contributed by atoms with Crippen LogP contribution < -0.4 is 5.32 Å². The van der Waals surface area contributed by atoms with Crippen LogP contribution in [0.25, 0.3) is 10.9 Å². The molecule has 128 valence electrons. The largest absolute Gasteiger partial charge is 0.481 e. The standard InChI is InChI=1S/C18H22N2O4/c1-12-3-2-4-14-13(10-19-17(12)14)5-6-15(21)20-18(9-16(22)23)7-8-24-11-18/h2-4,10,19H,5-9,11H2,1H3,(H,20,21)(H,22,23). The minimum absolute atomic E-state index is 0.106. The van der Waals surface area contributed by atoms with Gasteiger partial charge in [-0.15, -0.1) is 0 Å². The van der Waals surface area contributed by atoms with Crippen molar-refractivity contribution in [3.8, 4) is 0 Å². The highest BCUT2D eigenvalue weighted by atomic mass is 16.5. The van der Waals surface area contributed by atoms with Crippen LogP contribution in [0.1, 0.15) is 30.4 Å². The molecule has 0 saturated carbocycles. The maximum absolute atomic E-state index is 12.3. The quantitative estimate of drug-likeness (QED) is 0.757. The molecule has 0 spiro atoms. The third-order valence-electron chi connectivity index (χ3n) is 4.63. The summed E-state index contributed by atoms with van der Waals surface area (Å²) in [5, 5.41) is 13.1. The Labute approximate surface area is 140 Å². The molecule has 2 aromatic rings. The molecule has 1 fully saturated rings. The Kier molecular flexibility index (Phi) is 4.57. The lowest BCUT2D eigenvalue weighted by atomic mass is 9.94. The first-order valence-corrected chi connectivity index (χ1v) is 8.15. The first-order chi connectivity index (χ1) is 11.5. The topological polar surface area (TPSA) is 91.4 Å². The summed E-state index contributed by atoms with van der Waals surface area (Å²) >= 11 is 0. The highest BCUT2D eigenvalue weighted by Gasteiger charge is 2.38. The Balaban J connectivity index is 1.64. The van der Waals surface area contributed by atoms with Crippen molar-refractivity contribution in [2.75, 3.05) is 13.2 Å². The third-order valence-corrected chi connectivity index (χ3v) is 4.63. The number of benzene rings is 1. The van der Waals surface area contributed by atoms with E-state index in [1.54, 1.807) is 0 Å². The average Bonchev–Trinajstić information content (AvgIpc) is 3.12. The predicted molar refractivity (Wildman–Crippen MR) is 89.9 cm³/mol. The van der Waals surface area contributed by atoms with Gasteiger partial charge in [-0.05, 0) is 30.9 Å². The number of carbonyl (C=O) groups excluding carboxylic acids is 1. The third kappa shape index (κ3) is 3.43. The lowest BCUT2D eigenvalue weighted by Gasteiger charge is -2.27. The molecule has 6 heteroatoms. The van der Waals surface area contributed by atoms with Gasteiger partial charge in [-0.1, -0.05) is 18.2 Å². The van der Waals surface area contributed by atoms with Gasteiger partial charge in [-0.25, -0.2) is 0 Å². The monoisotopic (exact) mass is 330 g/mol. The fourth-order valence-corrected chi connectivity index (χ4v) is 3.36. The number of hydrogen-bond donors (Lipinski definition) is 3. The molecule has 1 atom stereocenters. The average molecular weight is 330 g/mol. The number of aliphatic carboxylic acids is 1. The van der Waals surface area contributed by atoms with Gasteiger partial charge in [0.1, 0.15) is 0 Å². The summed E-state index contributed by atoms with van der Waals surface area (Å²) in [7, 11) is 0. The summed E-state index contributed by atoms with van der Waals surface area (Å²) in [5.41, 5.74) is 2.60. The van der Waals surface area contributed by atoms with E-state index >= 15 is 0 Å². The van der Waals surface area contributed by atoms with Crippen LogP contribution in [0.5, 0.6) is 0 Å². The van der Waals surface area contributed by atoms with Crippen LogP contribution in [-0.4, -0.2) is 40.7 Å². The molecular weight excluding hydrogens is 308 g/mol. The normalized spacial score (nSPS) is 20.4. The van der Waals surface area contributed by atoms with Gasteiger partial charge in [0.15, 0.2) is 0 Å². The second-order valence-corrected chi connectivity index (χ2v) is 6.51. The van der Waals surface area contributed by atoms with Crippen LogP contribution in [0.2, 0.25) is 0 Å². The number of hydrogen-bond acceptors (Lipinski definition) is 3. The second kappa shape index (κ2) is 6.65. The Morgan fingerprint density at radius 2 is 2.25 bits per heavy atom. The van der Waals surface area contributed by atoms with Crippen molar-refractivity contribution in [2.45, 2.75) is 38.1 Å². The van der Waals surface area contributed by atoms with Crippen molar-refractivity contribution in [3.05, 3.63) is 35.5 Å². The first kappa shape index (κ1) is 16.5.